The first-order chi connectivity index (χ1) is 12.6. The zero-order chi connectivity index (χ0) is 18.5. The Morgan fingerprint density at radius 3 is 2.38 bits per heavy atom. The average Bonchev–Trinajstić information content (AvgIpc) is 2.66. The SMILES string of the molecule is CCC(C)c1ccc(NC(=O)COc2nc3ccccc3nc2C)cc1. The number of carbonyl (C=O) groups is 1. The van der Waals surface area contributed by atoms with Crippen LogP contribution in [0.1, 0.15) is 37.4 Å². The van der Waals surface area contributed by atoms with E-state index in [-0.39, 0.29) is 12.5 Å². The summed E-state index contributed by atoms with van der Waals surface area (Å²) in [6, 6.07) is 15.5. The lowest BCUT2D eigenvalue weighted by atomic mass is 9.99. The van der Waals surface area contributed by atoms with Crippen LogP contribution in [0.5, 0.6) is 5.88 Å². The van der Waals surface area contributed by atoms with E-state index in [4.69, 9.17) is 4.74 Å². The Balaban J connectivity index is 1.61. The number of fused-ring (bicyclic) bond motifs is 1. The van der Waals surface area contributed by atoms with E-state index in [1.54, 1.807) is 0 Å². The van der Waals surface area contributed by atoms with Gasteiger partial charge in [-0.3, -0.25) is 4.79 Å². The topological polar surface area (TPSA) is 64.1 Å². The van der Waals surface area contributed by atoms with E-state index in [1.165, 1.54) is 5.56 Å². The number of aromatic nitrogens is 2. The number of nitrogens with one attached hydrogen (secondary N) is 1. The Morgan fingerprint density at radius 1 is 1.08 bits per heavy atom. The van der Waals surface area contributed by atoms with Crippen molar-refractivity contribution in [3.8, 4) is 5.88 Å². The fourth-order valence-corrected chi connectivity index (χ4v) is 2.67. The first-order valence-corrected chi connectivity index (χ1v) is 8.83. The number of anilines is 1. The molecule has 0 aliphatic heterocycles. The number of rotatable bonds is 6. The zero-order valence-corrected chi connectivity index (χ0v) is 15.3. The Morgan fingerprint density at radius 2 is 1.73 bits per heavy atom. The molecule has 0 spiro atoms. The maximum Gasteiger partial charge on any atom is 0.262 e. The van der Waals surface area contributed by atoms with Crippen molar-refractivity contribution in [3.63, 3.8) is 0 Å². The zero-order valence-electron chi connectivity index (χ0n) is 15.3. The van der Waals surface area contributed by atoms with E-state index in [0.717, 1.165) is 23.1 Å². The highest BCUT2D eigenvalue weighted by Gasteiger charge is 2.10. The lowest BCUT2D eigenvalue weighted by molar-refractivity contribution is -0.118. The van der Waals surface area contributed by atoms with Gasteiger partial charge >= 0.3 is 0 Å². The van der Waals surface area contributed by atoms with E-state index < -0.39 is 0 Å². The summed E-state index contributed by atoms with van der Waals surface area (Å²) in [6.07, 6.45) is 1.09. The number of aryl methyl sites for hydroxylation is 1. The van der Waals surface area contributed by atoms with Gasteiger partial charge in [-0.1, -0.05) is 38.1 Å². The van der Waals surface area contributed by atoms with E-state index >= 15 is 0 Å². The minimum absolute atomic E-state index is 0.110. The van der Waals surface area contributed by atoms with Crippen molar-refractivity contribution in [3.05, 3.63) is 59.8 Å². The van der Waals surface area contributed by atoms with Crippen LogP contribution in [0.15, 0.2) is 48.5 Å². The van der Waals surface area contributed by atoms with Gasteiger partial charge in [0.15, 0.2) is 6.61 Å². The van der Waals surface area contributed by atoms with Gasteiger partial charge in [-0.05, 0) is 49.1 Å². The van der Waals surface area contributed by atoms with Gasteiger partial charge in [-0.2, -0.15) is 0 Å². The highest BCUT2D eigenvalue weighted by molar-refractivity contribution is 5.91. The Bertz CT molecular complexity index is 907. The number of amides is 1. The molecule has 1 aromatic heterocycles. The van der Waals surface area contributed by atoms with Crippen molar-refractivity contribution in [2.45, 2.75) is 33.1 Å². The predicted octanol–water partition coefficient (Wildman–Crippen LogP) is 4.47. The molecule has 1 amide bonds. The van der Waals surface area contributed by atoms with Crippen molar-refractivity contribution in [2.24, 2.45) is 0 Å². The molecule has 0 aliphatic carbocycles. The molecule has 0 saturated carbocycles. The molecule has 0 fully saturated rings. The summed E-state index contributed by atoms with van der Waals surface area (Å²) in [5, 5.41) is 2.84. The van der Waals surface area contributed by atoms with Gasteiger partial charge in [0.25, 0.3) is 5.91 Å². The summed E-state index contributed by atoms with van der Waals surface area (Å²) >= 11 is 0. The van der Waals surface area contributed by atoms with Crippen molar-refractivity contribution < 1.29 is 9.53 Å². The molecule has 3 aromatic rings. The number of hydrogen-bond donors (Lipinski definition) is 1. The van der Waals surface area contributed by atoms with Gasteiger partial charge in [0.05, 0.1) is 11.0 Å². The highest BCUT2D eigenvalue weighted by Crippen LogP contribution is 2.21. The van der Waals surface area contributed by atoms with Crippen LogP contribution >= 0.6 is 0 Å². The number of benzene rings is 2. The van der Waals surface area contributed by atoms with Crippen LogP contribution in [-0.2, 0) is 4.79 Å². The molecule has 1 atom stereocenters. The lowest BCUT2D eigenvalue weighted by Crippen LogP contribution is -2.21. The second-order valence-corrected chi connectivity index (χ2v) is 6.37. The van der Waals surface area contributed by atoms with Gasteiger partial charge < -0.3 is 10.1 Å². The molecule has 1 unspecified atom stereocenters. The third-order valence-corrected chi connectivity index (χ3v) is 4.42. The summed E-state index contributed by atoms with van der Waals surface area (Å²) in [5.41, 5.74) is 4.24. The second-order valence-electron chi connectivity index (χ2n) is 6.37. The average molecular weight is 349 g/mol. The summed E-state index contributed by atoms with van der Waals surface area (Å²) in [5.74, 6) is 0.666. The summed E-state index contributed by atoms with van der Waals surface area (Å²) in [6.45, 7) is 6.06. The van der Waals surface area contributed by atoms with Crippen molar-refractivity contribution in [1.29, 1.82) is 0 Å². The van der Waals surface area contributed by atoms with Crippen LogP contribution in [0.25, 0.3) is 11.0 Å². The van der Waals surface area contributed by atoms with E-state index in [2.05, 4.69) is 29.1 Å². The summed E-state index contributed by atoms with van der Waals surface area (Å²) in [7, 11) is 0. The molecule has 1 heterocycles. The maximum atomic E-state index is 12.2. The summed E-state index contributed by atoms with van der Waals surface area (Å²) < 4.78 is 5.57. The largest absolute Gasteiger partial charge is 0.466 e. The Kier molecular flexibility index (Phi) is 5.46. The number of hydrogen-bond acceptors (Lipinski definition) is 4. The van der Waals surface area contributed by atoms with Crippen molar-refractivity contribution >= 4 is 22.6 Å². The third-order valence-electron chi connectivity index (χ3n) is 4.42. The van der Waals surface area contributed by atoms with Crippen molar-refractivity contribution in [1.82, 2.24) is 9.97 Å². The molecule has 1 N–H and O–H groups in total. The molecule has 0 saturated heterocycles. The number of para-hydroxylation sites is 2. The smallest absolute Gasteiger partial charge is 0.262 e. The van der Waals surface area contributed by atoms with Gasteiger partial charge in [-0.25, -0.2) is 9.97 Å². The molecule has 5 heteroatoms. The standard InChI is InChI=1S/C21H23N3O2/c1-4-14(2)16-9-11-17(12-10-16)23-20(25)13-26-21-15(3)22-18-7-5-6-8-19(18)24-21/h5-12,14H,4,13H2,1-3H3,(H,23,25). The van der Waals surface area contributed by atoms with Crippen LogP contribution in [0.3, 0.4) is 0 Å². The van der Waals surface area contributed by atoms with Crippen LogP contribution in [0.2, 0.25) is 0 Å². The molecular weight excluding hydrogens is 326 g/mol. The Hall–Kier alpha value is -2.95. The van der Waals surface area contributed by atoms with Gasteiger partial charge in [0, 0.05) is 5.69 Å². The minimum Gasteiger partial charge on any atom is -0.466 e. The third kappa shape index (κ3) is 4.17. The van der Waals surface area contributed by atoms with Crippen LogP contribution < -0.4 is 10.1 Å². The minimum atomic E-state index is -0.226. The van der Waals surface area contributed by atoms with E-state index in [9.17, 15) is 4.79 Å². The molecular formula is C21H23N3O2. The second kappa shape index (κ2) is 7.95. The first kappa shape index (κ1) is 17.9. The molecule has 3 rings (SSSR count). The highest BCUT2D eigenvalue weighted by atomic mass is 16.5. The van der Waals surface area contributed by atoms with E-state index in [0.29, 0.717) is 17.5 Å². The van der Waals surface area contributed by atoms with Crippen LogP contribution in [0, 0.1) is 6.92 Å². The van der Waals surface area contributed by atoms with Gasteiger partial charge in [-0.15, -0.1) is 0 Å². The van der Waals surface area contributed by atoms with Crippen LogP contribution in [0.4, 0.5) is 5.69 Å². The Labute approximate surface area is 153 Å². The normalized spacial score (nSPS) is 12.0. The fraction of sp³-hybridized carbons (Fsp3) is 0.286. The molecule has 134 valence electrons. The molecule has 5 nitrogen and oxygen atoms in total. The number of nitrogens with zero attached hydrogens (tertiary/aromatic N) is 2. The van der Waals surface area contributed by atoms with Gasteiger partial charge in [0.1, 0.15) is 5.69 Å². The van der Waals surface area contributed by atoms with E-state index in [1.807, 2.05) is 55.5 Å². The first-order valence-electron chi connectivity index (χ1n) is 8.83. The van der Waals surface area contributed by atoms with Crippen LogP contribution in [-0.4, -0.2) is 22.5 Å². The molecule has 0 radical (unpaired) electrons. The molecule has 0 bridgehead atoms. The number of ether oxygens (including phenoxy) is 1. The summed E-state index contributed by atoms with van der Waals surface area (Å²) in [4.78, 5) is 21.0. The quantitative estimate of drug-likeness (QED) is 0.713. The predicted molar refractivity (Wildman–Crippen MR) is 104 cm³/mol. The molecule has 26 heavy (non-hydrogen) atoms. The monoisotopic (exact) mass is 349 g/mol. The lowest BCUT2D eigenvalue weighted by Gasteiger charge is -2.11. The number of carbonyl (C=O) groups excluding carboxylic acids is 1. The molecule has 2 aromatic carbocycles. The fourth-order valence-electron chi connectivity index (χ4n) is 2.67. The van der Waals surface area contributed by atoms with Gasteiger partial charge in [0.2, 0.25) is 5.88 Å². The van der Waals surface area contributed by atoms with Crippen molar-refractivity contribution in [2.75, 3.05) is 11.9 Å². The molecule has 0 aliphatic rings. The maximum absolute atomic E-state index is 12.2.